The van der Waals surface area contributed by atoms with E-state index in [1.807, 2.05) is 41.8 Å². The van der Waals surface area contributed by atoms with E-state index in [2.05, 4.69) is 15.5 Å². The third-order valence-corrected chi connectivity index (χ3v) is 4.12. The predicted octanol–water partition coefficient (Wildman–Crippen LogP) is 4.78. The highest BCUT2D eigenvalue weighted by Crippen LogP contribution is 2.24. The maximum atomic E-state index is 8.84. The van der Waals surface area contributed by atoms with Gasteiger partial charge in [-0.3, -0.25) is 5.43 Å². The van der Waals surface area contributed by atoms with Crippen LogP contribution in [0.4, 0.5) is 5.13 Å². The molecule has 112 valence electrons. The van der Waals surface area contributed by atoms with Gasteiger partial charge in [0.05, 0.1) is 22.5 Å². The largest absolute Gasteiger partial charge is 0.253 e. The van der Waals surface area contributed by atoms with Gasteiger partial charge in [-0.05, 0) is 17.7 Å². The second kappa shape index (κ2) is 7.05. The van der Waals surface area contributed by atoms with Gasteiger partial charge in [0.2, 0.25) is 5.13 Å². The number of hydrogen-bond donors (Lipinski definition) is 1. The minimum atomic E-state index is 0.414. The molecule has 23 heavy (non-hydrogen) atoms. The molecule has 2 aromatic carbocycles. The van der Waals surface area contributed by atoms with E-state index in [1.54, 1.807) is 24.4 Å². The molecule has 4 nitrogen and oxygen atoms in total. The van der Waals surface area contributed by atoms with E-state index in [4.69, 9.17) is 16.9 Å². The number of halogens is 1. The Morgan fingerprint density at radius 1 is 1.22 bits per heavy atom. The molecule has 0 fully saturated rings. The van der Waals surface area contributed by atoms with Crippen molar-refractivity contribution in [3.63, 3.8) is 0 Å². The van der Waals surface area contributed by atoms with Crippen LogP contribution in [0.25, 0.3) is 11.3 Å². The van der Waals surface area contributed by atoms with E-state index < -0.39 is 0 Å². The number of rotatable bonds is 4. The summed E-state index contributed by atoms with van der Waals surface area (Å²) in [6.07, 6.45) is 1.64. The molecule has 0 saturated carbocycles. The topological polar surface area (TPSA) is 61.1 Å². The number of nitrogens with one attached hydrogen (secondary N) is 1. The molecule has 0 radical (unpaired) electrons. The van der Waals surface area contributed by atoms with Crippen molar-refractivity contribution >= 4 is 34.3 Å². The van der Waals surface area contributed by atoms with Crippen molar-refractivity contribution in [3.05, 3.63) is 70.1 Å². The van der Waals surface area contributed by atoms with Gasteiger partial charge in [-0.25, -0.2) is 4.98 Å². The van der Waals surface area contributed by atoms with Gasteiger partial charge in [-0.1, -0.05) is 48.0 Å². The fraction of sp³-hybridized carbons (Fsp3) is 0. The molecular weight excluding hydrogens is 328 g/mol. The van der Waals surface area contributed by atoms with Crippen molar-refractivity contribution in [1.29, 1.82) is 5.26 Å². The summed E-state index contributed by atoms with van der Waals surface area (Å²) in [5.74, 6) is 0. The average molecular weight is 339 g/mol. The fourth-order valence-electron chi connectivity index (χ4n) is 1.93. The number of benzene rings is 2. The minimum Gasteiger partial charge on any atom is -0.253 e. The normalized spacial score (nSPS) is 10.6. The minimum absolute atomic E-state index is 0.414. The monoisotopic (exact) mass is 338 g/mol. The van der Waals surface area contributed by atoms with Crippen LogP contribution < -0.4 is 5.43 Å². The van der Waals surface area contributed by atoms with Gasteiger partial charge in [-0.2, -0.15) is 10.4 Å². The van der Waals surface area contributed by atoms with E-state index in [0.29, 0.717) is 15.7 Å². The molecule has 0 atom stereocenters. The van der Waals surface area contributed by atoms with Crippen LogP contribution in [0.1, 0.15) is 11.1 Å². The summed E-state index contributed by atoms with van der Waals surface area (Å²) in [6, 6.07) is 17.1. The first-order chi connectivity index (χ1) is 11.3. The van der Waals surface area contributed by atoms with Crippen molar-refractivity contribution in [1.82, 2.24) is 4.98 Å². The SMILES string of the molecule is N#Cc1ccc(C=NNc2nc(-c3ccccc3)cs2)cc1Cl. The first-order valence-corrected chi connectivity index (χ1v) is 8.02. The number of hydrazone groups is 1. The van der Waals surface area contributed by atoms with E-state index in [9.17, 15) is 0 Å². The first-order valence-electron chi connectivity index (χ1n) is 6.76. The number of nitriles is 1. The third-order valence-electron chi connectivity index (χ3n) is 3.06. The molecule has 0 aliphatic carbocycles. The number of anilines is 1. The standard InChI is InChI=1S/C17H11ClN4S/c18-15-8-12(6-7-14(15)9-19)10-20-22-17-21-16(11-23-17)13-4-2-1-3-5-13/h1-8,10-11H,(H,21,22). The Bertz CT molecular complexity index is 881. The zero-order valence-corrected chi connectivity index (χ0v) is 13.5. The molecular formula is C17H11ClN4S. The molecule has 0 bridgehead atoms. The molecule has 1 N–H and O–H groups in total. The lowest BCUT2D eigenvalue weighted by molar-refractivity contribution is 1.29. The summed E-state index contributed by atoms with van der Waals surface area (Å²) in [5.41, 5.74) is 6.14. The zero-order valence-electron chi connectivity index (χ0n) is 11.9. The highest BCUT2D eigenvalue weighted by molar-refractivity contribution is 7.14. The molecule has 1 aromatic heterocycles. The molecule has 0 aliphatic heterocycles. The molecule has 6 heteroatoms. The van der Waals surface area contributed by atoms with Gasteiger partial charge in [-0.15, -0.1) is 11.3 Å². The van der Waals surface area contributed by atoms with Crippen LogP contribution in [0.2, 0.25) is 5.02 Å². The van der Waals surface area contributed by atoms with Crippen LogP contribution in [0.15, 0.2) is 59.0 Å². The fourth-order valence-corrected chi connectivity index (χ4v) is 2.83. The lowest BCUT2D eigenvalue weighted by Gasteiger charge is -1.97. The average Bonchev–Trinajstić information content (AvgIpc) is 3.05. The van der Waals surface area contributed by atoms with Gasteiger partial charge in [0.1, 0.15) is 6.07 Å². The van der Waals surface area contributed by atoms with Gasteiger partial charge < -0.3 is 0 Å². The zero-order chi connectivity index (χ0) is 16.1. The molecule has 0 saturated heterocycles. The van der Waals surface area contributed by atoms with Crippen LogP contribution in [0.5, 0.6) is 0 Å². The Hall–Kier alpha value is -2.68. The van der Waals surface area contributed by atoms with Crippen molar-refractivity contribution in [2.24, 2.45) is 5.10 Å². The van der Waals surface area contributed by atoms with Gasteiger partial charge in [0.15, 0.2) is 0 Å². The smallest absolute Gasteiger partial charge is 0.203 e. The van der Waals surface area contributed by atoms with Crippen LogP contribution in [0, 0.1) is 11.3 Å². The molecule has 0 unspecified atom stereocenters. The van der Waals surface area contributed by atoms with Crippen LogP contribution in [-0.4, -0.2) is 11.2 Å². The lowest BCUT2D eigenvalue weighted by atomic mass is 10.2. The van der Waals surface area contributed by atoms with Crippen molar-refractivity contribution in [2.75, 3.05) is 5.43 Å². The van der Waals surface area contributed by atoms with E-state index in [-0.39, 0.29) is 0 Å². The van der Waals surface area contributed by atoms with E-state index in [0.717, 1.165) is 16.8 Å². The Labute approximate surface area is 142 Å². The highest BCUT2D eigenvalue weighted by Gasteiger charge is 2.03. The van der Waals surface area contributed by atoms with Crippen LogP contribution in [-0.2, 0) is 0 Å². The maximum Gasteiger partial charge on any atom is 0.203 e. The number of hydrogen-bond acceptors (Lipinski definition) is 5. The van der Waals surface area contributed by atoms with Crippen LogP contribution >= 0.6 is 22.9 Å². The van der Waals surface area contributed by atoms with Gasteiger partial charge >= 0.3 is 0 Å². The number of aromatic nitrogens is 1. The Morgan fingerprint density at radius 3 is 2.78 bits per heavy atom. The highest BCUT2D eigenvalue weighted by atomic mass is 35.5. The molecule has 1 heterocycles. The first kappa shape index (κ1) is 15.2. The summed E-state index contributed by atoms with van der Waals surface area (Å²) in [6.45, 7) is 0. The second-order valence-electron chi connectivity index (χ2n) is 4.63. The van der Waals surface area contributed by atoms with Crippen molar-refractivity contribution < 1.29 is 0 Å². The molecule has 0 amide bonds. The van der Waals surface area contributed by atoms with Crippen molar-refractivity contribution in [3.8, 4) is 17.3 Å². The summed E-state index contributed by atoms with van der Waals surface area (Å²) in [5, 5.41) is 16.1. The molecule has 0 aliphatic rings. The second-order valence-corrected chi connectivity index (χ2v) is 5.89. The van der Waals surface area contributed by atoms with Gasteiger partial charge in [0, 0.05) is 10.9 Å². The Balaban J connectivity index is 1.68. The number of nitrogens with zero attached hydrogens (tertiary/aromatic N) is 3. The summed E-state index contributed by atoms with van der Waals surface area (Å²) >= 11 is 7.47. The third kappa shape index (κ3) is 3.75. The Kier molecular flexibility index (Phi) is 4.67. The molecule has 3 aromatic rings. The van der Waals surface area contributed by atoms with E-state index in [1.165, 1.54) is 11.3 Å². The predicted molar refractivity (Wildman–Crippen MR) is 94.9 cm³/mol. The molecule has 3 rings (SSSR count). The van der Waals surface area contributed by atoms with Crippen molar-refractivity contribution in [2.45, 2.75) is 0 Å². The van der Waals surface area contributed by atoms with E-state index >= 15 is 0 Å². The lowest BCUT2D eigenvalue weighted by Crippen LogP contribution is -1.91. The quantitative estimate of drug-likeness (QED) is 0.550. The summed E-state index contributed by atoms with van der Waals surface area (Å²) < 4.78 is 0. The Morgan fingerprint density at radius 2 is 2.04 bits per heavy atom. The summed E-state index contributed by atoms with van der Waals surface area (Å²) in [4.78, 5) is 4.48. The number of thiazole rings is 1. The molecule has 0 spiro atoms. The summed E-state index contributed by atoms with van der Waals surface area (Å²) in [7, 11) is 0. The maximum absolute atomic E-state index is 8.84. The van der Waals surface area contributed by atoms with Gasteiger partial charge in [0.25, 0.3) is 0 Å². The van der Waals surface area contributed by atoms with Crippen LogP contribution in [0.3, 0.4) is 0 Å².